The van der Waals surface area contributed by atoms with E-state index in [9.17, 15) is 5.11 Å². The summed E-state index contributed by atoms with van der Waals surface area (Å²) in [5.41, 5.74) is 2.82. The van der Waals surface area contributed by atoms with Crippen LogP contribution in [0.25, 0.3) is 0 Å². The molecular formula is C16H25NO. The van der Waals surface area contributed by atoms with Crippen LogP contribution in [0.1, 0.15) is 45.6 Å². The Morgan fingerprint density at radius 2 is 1.83 bits per heavy atom. The zero-order chi connectivity index (χ0) is 13.2. The molecule has 1 unspecified atom stereocenters. The Kier molecular flexibility index (Phi) is 3.96. The first kappa shape index (κ1) is 13.4. The quantitative estimate of drug-likeness (QED) is 0.866. The molecule has 0 amide bonds. The smallest absolute Gasteiger partial charge is 0.0635 e. The van der Waals surface area contributed by atoms with Crippen molar-refractivity contribution in [2.45, 2.75) is 51.5 Å². The van der Waals surface area contributed by atoms with Gasteiger partial charge in [-0.25, -0.2) is 0 Å². The number of hydrogen-bond donors (Lipinski definition) is 1. The highest BCUT2D eigenvalue weighted by Crippen LogP contribution is 2.28. The predicted octanol–water partition coefficient (Wildman–Crippen LogP) is 3.34. The topological polar surface area (TPSA) is 23.5 Å². The Morgan fingerprint density at radius 1 is 1.17 bits per heavy atom. The van der Waals surface area contributed by atoms with Gasteiger partial charge in [-0.1, -0.05) is 32.9 Å². The first-order chi connectivity index (χ1) is 8.52. The van der Waals surface area contributed by atoms with Crippen LogP contribution in [0.2, 0.25) is 0 Å². The fourth-order valence-electron chi connectivity index (χ4n) is 2.68. The summed E-state index contributed by atoms with van der Waals surface area (Å²) in [4.78, 5) is 2.36. The number of benzene rings is 1. The molecule has 2 heteroatoms. The summed E-state index contributed by atoms with van der Waals surface area (Å²) in [5, 5.41) is 9.46. The molecule has 0 saturated carbocycles. The lowest BCUT2D eigenvalue weighted by molar-refractivity contribution is 0.240. The third-order valence-electron chi connectivity index (χ3n) is 3.90. The molecule has 1 heterocycles. The van der Waals surface area contributed by atoms with E-state index in [1.165, 1.54) is 24.1 Å². The van der Waals surface area contributed by atoms with Crippen molar-refractivity contribution < 1.29 is 5.11 Å². The molecule has 0 radical (unpaired) electrons. The first-order valence-electron chi connectivity index (χ1n) is 7.00. The molecule has 0 spiro atoms. The lowest BCUT2D eigenvalue weighted by Gasteiger charge is -2.36. The molecule has 0 aromatic heterocycles. The van der Waals surface area contributed by atoms with Gasteiger partial charge >= 0.3 is 0 Å². The van der Waals surface area contributed by atoms with Gasteiger partial charge in [-0.15, -0.1) is 0 Å². The SMILES string of the molecule is CC(C)(C)c1ccc(N2CCCCC2CO)cc1. The van der Waals surface area contributed by atoms with Crippen LogP contribution < -0.4 is 4.90 Å². The average molecular weight is 247 g/mol. The minimum atomic E-state index is 0.205. The van der Waals surface area contributed by atoms with Gasteiger partial charge in [0, 0.05) is 12.2 Å². The maximum Gasteiger partial charge on any atom is 0.0635 e. The number of anilines is 1. The van der Waals surface area contributed by atoms with Crippen molar-refractivity contribution in [2.24, 2.45) is 0 Å². The predicted molar refractivity (Wildman–Crippen MR) is 77.2 cm³/mol. The van der Waals surface area contributed by atoms with Crippen LogP contribution in [0.3, 0.4) is 0 Å². The molecule has 1 atom stereocenters. The molecule has 0 aliphatic carbocycles. The van der Waals surface area contributed by atoms with Gasteiger partial charge in [0.2, 0.25) is 0 Å². The van der Waals surface area contributed by atoms with Crippen molar-refractivity contribution >= 4 is 5.69 Å². The monoisotopic (exact) mass is 247 g/mol. The molecule has 1 saturated heterocycles. The Balaban J connectivity index is 2.18. The summed E-state index contributed by atoms with van der Waals surface area (Å²) in [6.45, 7) is 8.04. The molecule has 1 aromatic rings. The Labute approximate surface area is 111 Å². The number of piperidine rings is 1. The standard InChI is InChI=1S/C16H25NO/c1-16(2,3)13-7-9-14(10-8-13)17-11-5-4-6-15(17)12-18/h7-10,15,18H,4-6,11-12H2,1-3H3. The van der Waals surface area contributed by atoms with E-state index in [0.29, 0.717) is 6.04 Å². The van der Waals surface area contributed by atoms with E-state index in [1.54, 1.807) is 0 Å². The van der Waals surface area contributed by atoms with E-state index in [1.807, 2.05) is 0 Å². The van der Waals surface area contributed by atoms with E-state index in [-0.39, 0.29) is 12.0 Å². The third-order valence-corrected chi connectivity index (χ3v) is 3.90. The van der Waals surface area contributed by atoms with Crippen molar-refractivity contribution in [1.29, 1.82) is 0 Å². The number of aliphatic hydroxyl groups is 1. The van der Waals surface area contributed by atoms with Gasteiger partial charge in [0.05, 0.1) is 12.6 Å². The van der Waals surface area contributed by atoms with E-state index in [2.05, 4.69) is 49.9 Å². The Hall–Kier alpha value is -1.02. The van der Waals surface area contributed by atoms with Crippen LogP contribution in [-0.4, -0.2) is 24.3 Å². The number of nitrogens with zero attached hydrogens (tertiary/aromatic N) is 1. The van der Waals surface area contributed by atoms with E-state index < -0.39 is 0 Å². The summed E-state index contributed by atoms with van der Waals surface area (Å²) in [6.07, 6.45) is 3.58. The highest BCUT2D eigenvalue weighted by molar-refractivity contribution is 5.49. The zero-order valence-corrected chi connectivity index (χ0v) is 11.8. The summed E-state index contributed by atoms with van der Waals surface area (Å²) in [6, 6.07) is 9.15. The van der Waals surface area contributed by atoms with Crippen LogP contribution in [0.15, 0.2) is 24.3 Å². The van der Waals surface area contributed by atoms with Crippen LogP contribution in [-0.2, 0) is 5.41 Å². The zero-order valence-electron chi connectivity index (χ0n) is 11.8. The minimum Gasteiger partial charge on any atom is -0.394 e. The highest BCUT2D eigenvalue weighted by atomic mass is 16.3. The summed E-state index contributed by atoms with van der Waals surface area (Å²) in [5.74, 6) is 0. The van der Waals surface area contributed by atoms with Crippen LogP contribution >= 0.6 is 0 Å². The van der Waals surface area contributed by atoms with Crippen LogP contribution in [0.4, 0.5) is 5.69 Å². The molecular weight excluding hydrogens is 222 g/mol. The lowest BCUT2D eigenvalue weighted by atomic mass is 9.87. The Bertz CT molecular complexity index is 377. The number of aliphatic hydroxyl groups excluding tert-OH is 1. The van der Waals surface area contributed by atoms with E-state index in [0.717, 1.165) is 13.0 Å². The van der Waals surface area contributed by atoms with Crippen molar-refractivity contribution in [3.8, 4) is 0 Å². The second kappa shape index (κ2) is 5.31. The maximum atomic E-state index is 9.46. The fraction of sp³-hybridized carbons (Fsp3) is 0.625. The third kappa shape index (κ3) is 2.86. The normalized spacial score (nSPS) is 21.1. The molecule has 1 aliphatic heterocycles. The molecule has 18 heavy (non-hydrogen) atoms. The largest absolute Gasteiger partial charge is 0.394 e. The van der Waals surface area contributed by atoms with Gasteiger partial charge in [0.25, 0.3) is 0 Å². The number of rotatable bonds is 2. The molecule has 1 fully saturated rings. The van der Waals surface area contributed by atoms with Gasteiger partial charge in [0.15, 0.2) is 0 Å². The molecule has 2 rings (SSSR count). The van der Waals surface area contributed by atoms with Crippen molar-refractivity contribution in [3.05, 3.63) is 29.8 Å². The van der Waals surface area contributed by atoms with E-state index >= 15 is 0 Å². The summed E-state index contributed by atoms with van der Waals surface area (Å²) < 4.78 is 0. The second-order valence-corrected chi connectivity index (χ2v) is 6.32. The lowest BCUT2D eigenvalue weighted by Crippen LogP contribution is -2.41. The van der Waals surface area contributed by atoms with Crippen molar-refractivity contribution in [3.63, 3.8) is 0 Å². The first-order valence-corrected chi connectivity index (χ1v) is 7.00. The Morgan fingerprint density at radius 3 is 2.39 bits per heavy atom. The molecule has 1 aliphatic rings. The second-order valence-electron chi connectivity index (χ2n) is 6.32. The summed E-state index contributed by atoms with van der Waals surface area (Å²) >= 11 is 0. The maximum absolute atomic E-state index is 9.46. The molecule has 100 valence electrons. The summed E-state index contributed by atoms with van der Waals surface area (Å²) in [7, 11) is 0. The van der Waals surface area contributed by atoms with Crippen molar-refractivity contribution in [2.75, 3.05) is 18.1 Å². The van der Waals surface area contributed by atoms with Gasteiger partial charge in [-0.05, 0) is 42.4 Å². The molecule has 1 aromatic carbocycles. The van der Waals surface area contributed by atoms with Gasteiger partial charge in [-0.3, -0.25) is 0 Å². The fourth-order valence-corrected chi connectivity index (χ4v) is 2.68. The van der Waals surface area contributed by atoms with Gasteiger partial charge in [-0.2, -0.15) is 0 Å². The molecule has 0 bridgehead atoms. The highest BCUT2D eigenvalue weighted by Gasteiger charge is 2.22. The number of hydrogen-bond acceptors (Lipinski definition) is 2. The van der Waals surface area contributed by atoms with E-state index in [4.69, 9.17) is 0 Å². The molecule has 2 nitrogen and oxygen atoms in total. The molecule has 1 N–H and O–H groups in total. The van der Waals surface area contributed by atoms with Gasteiger partial charge < -0.3 is 10.0 Å². The van der Waals surface area contributed by atoms with Crippen molar-refractivity contribution in [1.82, 2.24) is 0 Å². The van der Waals surface area contributed by atoms with Crippen LogP contribution in [0, 0.1) is 0 Å². The van der Waals surface area contributed by atoms with Gasteiger partial charge in [0.1, 0.15) is 0 Å². The minimum absolute atomic E-state index is 0.205. The van der Waals surface area contributed by atoms with Crippen LogP contribution in [0.5, 0.6) is 0 Å². The average Bonchev–Trinajstić information content (AvgIpc) is 2.38.